The zero-order chi connectivity index (χ0) is 18.3. The summed E-state index contributed by atoms with van der Waals surface area (Å²) < 4.78 is 89.8. The smallest absolute Gasteiger partial charge is 0.368 e. The highest BCUT2D eigenvalue weighted by Crippen LogP contribution is 2.53. The van der Waals surface area contributed by atoms with Crippen molar-refractivity contribution in [3.8, 4) is 11.4 Å². The van der Waals surface area contributed by atoms with E-state index in [0.29, 0.717) is 12.1 Å². The maximum atomic E-state index is 13.9. The van der Waals surface area contributed by atoms with Gasteiger partial charge in [-0.05, 0) is 0 Å². The summed E-state index contributed by atoms with van der Waals surface area (Å²) in [5.74, 6) is -0.783. The number of benzene rings is 1. The SMILES string of the molecule is Nc1nc(N)nc(-c2ccc(C(F)(C(F)(F)F)C(F)(F)F)cc2)n1. The molecule has 12 heteroatoms. The summed E-state index contributed by atoms with van der Waals surface area (Å²) in [4.78, 5) is 10.7. The van der Waals surface area contributed by atoms with E-state index in [0.717, 1.165) is 12.1 Å². The van der Waals surface area contributed by atoms with Crippen molar-refractivity contribution in [2.45, 2.75) is 18.0 Å². The molecule has 1 aromatic carbocycles. The Balaban J connectivity index is 2.51. The number of hydrogen-bond donors (Lipinski definition) is 2. The first-order chi connectivity index (χ1) is 10.9. The first-order valence-electron chi connectivity index (χ1n) is 6.06. The average molecular weight is 355 g/mol. The molecule has 2 rings (SSSR count). The number of rotatable bonds is 2. The molecule has 0 bridgehead atoms. The standard InChI is InChI=1S/C12H8F7N5/c13-10(11(14,15)16,12(17,18)19)6-3-1-5(2-4-6)7-22-8(20)24-9(21)23-7/h1-4H,(H4,20,21,22,23,24). The Labute approximate surface area is 129 Å². The van der Waals surface area contributed by atoms with E-state index in [2.05, 4.69) is 15.0 Å². The van der Waals surface area contributed by atoms with Gasteiger partial charge in [-0.25, -0.2) is 4.39 Å². The predicted octanol–water partition coefficient (Wildman–Crippen LogP) is 2.99. The molecule has 0 atom stereocenters. The van der Waals surface area contributed by atoms with Gasteiger partial charge < -0.3 is 11.5 Å². The molecule has 0 fully saturated rings. The molecule has 5 nitrogen and oxygen atoms in total. The molecular weight excluding hydrogens is 347 g/mol. The van der Waals surface area contributed by atoms with Gasteiger partial charge in [0, 0.05) is 11.1 Å². The van der Waals surface area contributed by atoms with Crippen LogP contribution in [-0.4, -0.2) is 27.3 Å². The van der Waals surface area contributed by atoms with Crippen molar-refractivity contribution >= 4 is 11.9 Å². The third kappa shape index (κ3) is 2.90. The maximum absolute atomic E-state index is 13.9. The van der Waals surface area contributed by atoms with Gasteiger partial charge in [-0.15, -0.1) is 0 Å². The van der Waals surface area contributed by atoms with Gasteiger partial charge in [0.1, 0.15) is 0 Å². The van der Waals surface area contributed by atoms with Crippen molar-refractivity contribution in [1.82, 2.24) is 15.0 Å². The molecule has 1 aromatic heterocycles. The number of hydrogen-bond acceptors (Lipinski definition) is 5. The highest BCUT2D eigenvalue weighted by atomic mass is 19.4. The Morgan fingerprint density at radius 2 is 1.08 bits per heavy atom. The van der Waals surface area contributed by atoms with Gasteiger partial charge >= 0.3 is 18.0 Å². The van der Waals surface area contributed by atoms with E-state index < -0.39 is 23.6 Å². The largest absolute Gasteiger partial charge is 0.435 e. The lowest BCUT2D eigenvalue weighted by Crippen LogP contribution is -2.50. The molecule has 0 spiro atoms. The van der Waals surface area contributed by atoms with Crippen LogP contribution in [0.3, 0.4) is 0 Å². The Morgan fingerprint density at radius 1 is 0.667 bits per heavy atom. The van der Waals surface area contributed by atoms with Crippen LogP contribution in [0.5, 0.6) is 0 Å². The lowest BCUT2D eigenvalue weighted by atomic mass is 9.93. The normalized spacial score (nSPS) is 13.1. The molecule has 0 aliphatic carbocycles. The van der Waals surface area contributed by atoms with Gasteiger partial charge in [0.2, 0.25) is 11.9 Å². The van der Waals surface area contributed by atoms with Crippen LogP contribution in [0.2, 0.25) is 0 Å². The van der Waals surface area contributed by atoms with Crippen LogP contribution in [0.25, 0.3) is 11.4 Å². The van der Waals surface area contributed by atoms with Crippen molar-refractivity contribution in [2.75, 3.05) is 11.5 Å². The number of nitrogens with two attached hydrogens (primary N) is 2. The van der Waals surface area contributed by atoms with Gasteiger partial charge in [0.25, 0.3) is 0 Å². The van der Waals surface area contributed by atoms with Crippen LogP contribution >= 0.6 is 0 Å². The van der Waals surface area contributed by atoms with Gasteiger partial charge in [0.05, 0.1) is 0 Å². The van der Waals surface area contributed by atoms with E-state index >= 15 is 0 Å². The monoisotopic (exact) mass is 355 g/mol. The summed E-state index contributed by atoms with van der Waals surface area (Å²) in [6.07, 6.45) is -12.4. The molecule has 0 unspecified atom stereocenters. The van der Waals surface area contributed by atoms with E-state index in [-0.39, 0.29) is 23.3 Å². The quantitative estimate of drug-likeness (QED) is 0.809. The summed E-state index contributed by atoms with van der Waals surface area (Å²) in [6.45, 7) is 0. The molecular formula is C12H8F7N5. The number of anilines is 2. The topological polar surface area (TPSA) is 90.7 Å². The third-order valence-corrected chi connectivity index (χ3v) is 2.99. The number of nitrogen functional groups attached to an aromatic ring is 2. The van der Waals surface area contributed by atoms with Gasteiger partial charge in [-0.3, -0.25) is 0 Å². The molecule has 2 aromatic rings. The Morgan fingerprint density at radius 3 is 1.46 bits per heavy atom. The Bertz CT molecular complexity index is 705. The third-order valence-electron chi connectivity index (χ3n) is 2.99. The van der Waals surface area contributed by atoms with Crippen LogP contribution in [0.4, 0.5) is 42.6 Å². The van der Waals surface area contributed by atoms with Gasteiger partial charge in [-0.2, -0.15) is 41.3 Å². The molecule has 0 aliphatic rings. The van der Waals surface area contributed by atoms with E-state index in [4.69, 9.17) is 11.5 Å². The molecule has 0 amide bonds. The molecule has 24 heavy (non-hydrogen) atoms. The number of halogens is 7. The summed E-state index contributed by atoms with van der Waals surface area (Å²) >= 11 is 0. The van der Waals surface area contributed by atoms with Crippen molar-refractivity contribution < 1.29 is 30.7 Å². The fraction of sp³-hybridized carbons (Fsp3) is 0.250. The van der Waals surface area contributed by atoms with Crippen molar-refractivity contribution in [3.05, 3.63) is 29.8 Å². The number of aromatic nitrogens is 3. The van der Waals surface area contributed by atoms with Crippen molar-refractivity contribution in [2.24, 2.45) is 0 Å². The van der Waals surface area contributed by atoms with Crippen LogP contribution in [0.15, 0.2) is 24.3 Å². The second kappa shape index (κ2) is 5.46. The summed E-state index contributed by atoms with van der Waals surface area (Å²) in [7, 11) is 0. The molecule has 4 N–H and O–H groups in total. The summed E-state index contributed by atoms with van der Waals surface area (Å²) in [6, 6.07) is 2.25. The predicted molar refractivity (Wildman–Crippen MR) is 69.0 cm³/mol. The minimum absolute atomic E-state index is 0.0220. The van der Waals surface area contributed by atoms with Crippen molar-refractivity contribution in [1.29, 1.82) is 0 Å². The number of nitrogens with zero attached hydrogens (tertiary/aromatic N) is 3. The van der Waals surface area contributed by atoms with E-state index in [1.165, 1.54) is 0 Å². The number of alkyl halides is 7. The first-order valence-corrected chi connectivity index (χ1v) is 6.06. The molecule has 0 saturated heterocycles. The lowest BCUT2D eigenvalue weighted by molar-refractivity contribution is -0.348. The molecule has 0 radical (unpaired) electrons. The van der Waals surface area contributed by atoms with Crippen LogP contribution in [-0.2, 0) is 5.67 Å². The second-order valence-electron chi connectivity index (χ2n) is 4.61. The van der Waals surface area contributed by atoms with E-state index in [9.17, 15) is 30.7 Å². The summed E-state index contributed by atoms with van der Waals surface area (Å²) in [5.41, 5.74) is 3.47. The van der Waals surface area contributed by atoms with Crippen LogP contribution in [0.1, 0.15) is 5.56 Å². The highest BCUT2D eigenvalue weighted by Gasteiger charge is 2.73. The van der Waals surface area contributed by atoms with E-state index in [1.807, 2.05) is 0 Å². The highest BCUT2D eigenvalue weighted by molar-refractivity contribution is 5.58. The van der Waals surface area contributed by atoms with Crippen LogP contribution in [0, 0.1) is 0 Å². The molecule has 0 saturated carbocycles. The van der Waals surface area contributed by atoms with Crippen molar-refractivity contribution in [3.63, 3.8) is 0 Å². The molecule has 0 aliphatic heterocycles. The molecule has 130 valence electrons. The fourth-order valence-corrected chi connectivity index (χ4v) is 1.88. The summed E-state index contributed by atoms with van der Waals surface area (Å²) in [5, 5.41) is 0. The fourth-order valence-electron chi connectivity index (χ4n) is 1.88. The zero-order valence-electron chi connectivity index (χ0n) is 11.5. The van der Waals surface area contributed by atoms with Crippen LogP contribution < -0.4 is 11.5 Å². The van der Waals surface area contributed by atoms with Gasteiger partial charge in [0.15, 0.2) is 5.82 Å². The zero-order valence-corrected chi connectivity index (χ0v) is 11.5. The Kier molecular flexibility index (Phi) is 4.02. The maximum Gasteiger partial charge on any atom is 0.435 e. The Hall–Kier alpha value is -2.66. The lowest BCUT2D eigenvalue weighted by Gasteiger charge is -2.30. The minimum atomic E-state index is -6.19. The average Bonchev–Trinajstić information content (AvgIpc) is 2.43. The van der Waals surface area contributed by atoms with Gasteiger partial charge in [-0.1, -0.05) is 24.3 Å². The molecule has 1 heterocycles. The van der Waals surface area contributed by atoms with E-state index in [1.54, 1.807) is 0 Å². The minimum Gasteiger partial charge on any atom is -0.368 e. The second-order valence-corrected chi connectivity index (χ2v) is 4.61. The first kappa shape index (κ1) is 17.7.